The molecule has 4 heteroatoms. The third-order valence-corrected chi connectivity index (χ3v) is 2.31. The van der Waals surface area contributed by atoms with Crippen LogP contribution in [0.5, 0.6) is 0 Å². The molecule has 1 nitrogen and oxygen atoms in total. The van der Waals surface area contributed by atoms with E-state index < -0.39 is 0 Å². The van der Waals surface area contributed by atoms with Crippen molar-refractivity contribution in [2.24, 2.45) is 0 Å². The molecule has 0 amide bonds. The predicted octanol–water partition coefficient (Wildman–Crippen LogP) is 2.87. The average molecular weight is 235 g/mol. The summed E-state index contributed by atoms with van der Waals surface area (Å²) in [5, 5.41) is 0. The lowest BCUT2D eigenvalue weighted by molar-refractivity contribution is 0.570. The highest BCUT2D eigenvalue weighted by atomic mass is 79.9. The quantitative estimate of drug-likeness (QED) is 0.579. The van der Waals surface area contributed by atoms with Crippen LogP contribution < -0.4 is 0 Å². The van der Waals surface area contributed by atoms with Crippen LogP contribution in [0.4, 0.5) is 4.39 Å². The highest BCUT2D eigenvalue weighted by molar-refractivity contribution is 9.10. The summed E-state index contributed by atoms with van der Waals surface area (Å²) in [5.41, 5.74) is 0.708. The number of thioether (sulfide) groups is 1. The topological polar surface area (TPSA) is 17.1 Å². The first-order valence-corrected chi connectivity index (χ1v) is 4.46. The third-order valence-electron chi connectivity index (χ3n) is 1.08. The fourth-order valence-electron chi connectivity index (χ4n) is 0.606. The van der Waals surface area contributed by atoms with Crippen LogP contribution in [-0.4, -0.2) is 5.62 Å². The van der Waals surface area contributed by atoms with Gasteiger partial charge in [0.05, 0.1) is 4.47 Å². The maximum Gasteiger partial charge on any atom is 0.180 e. The lowest BCUT2D eigenvalue weighted by atomic mass is 10.3. The summed E-state index contributed by atoms with van der Waals surface area (Å²) in [6, 6.07) is 4.43. The molecule has 0 bridgehead atoms. The van der Waals surface area contributed by atoms with Crippen molar-refractivity contribution in [3.05, 3.63) is 28.5 Å². The van der Waals surface area contributed by atoms with E-state index in [9.17, 15) is 9.18 Å². The van der Waals surface area contributed by atoms with Crippen LogP contribution in [0.3, 0.4) is 0 Å². The predicted molar refractivity (Wildman–Crippen MR) is 46.7 cm³/mol. The van der Waals surface area contributed by atoms with E-state index >= 15 is 0 Å². The molecule has 1 rings (SSSR count). The maximum absolute atomic E-state index is 12.6. The number of hydrogen-bond donors (Lipinski definition) is 0. The number of carbonyl (C=O) groups is 1. The Balaban J connectivity index is 2.95. The Bertz CT molecular complexity index is 277. The van der Waals surface area contributed by atoms with E-state index in [1.165, 1.54) is 6.07 Å². The molecular weight excluding hydrogens is 231 g/mol. The number of halogens is 2. The molecule has 0 aromatic heterocycles. The van der Waals surface area contributed by atoms with Gasteiger partial charge in [-0.25, -0.2) is 4.39 Å². The molecule has 1 aromatic carbocycles. The minimum absolute atomic E-state index is 0.319. The Kier molecular flexibility index (Phi) is 3.08. The van der Waals surface area contributed by atoms with E-state index in [4.69, 9.17) is 0 Å². The van der Waals surface area contributed by atoms with Gasteiger partial charge in [-0.3, -0.25) is 4.79 Å². The molecule has 0 fully saturated rings. The van der Waals surface area contributed by atoms with Gasteiger partial charge in [-0.15, -0.1) is 0 Å². The van der Waals surface area contributed by atoms with Crippen LogP contribution in [-0.2, 0) is 4.79 Å². The molecule has 0 aliphatic rings. The highest BCUT2D eigenvalue weighted by Crippen LogP contribution is 2.22. The molecule has 0 atom stereocenters. The van der Waals surface area contributed by atoms with Crippen molar-refractivity contribution in [1.82, 2.24) is 0 Å². The van der Waals surface area contributed by atoms with Gasteiger partial charge in [0, 0.05) is 4.90 Å². The summed E-state index contributed by atoms with van der Waals surface area (Å²) in [7, 11) is 0. The molecule has 0 radical (unpaired) electrons. The second-order valence-corrected chi connectivity index (χ2v) is 3.54. The van der Waals surface area contributed by atoms with Crippen molar-refractivity contribution in [3.63, 3.8) is 0 Å². The zero-order valence-electron chi connectivity index (χ0n) is 5.38. The molecule has 0 saturated carbocycles. The van der Waals surface area contributed by atoms with Gasteiger partial charge >= 0.3 is 0 Å². The Labute approximate surface area is 76.1 Å². The van der Waals surface area contributed by atoms with Crippen LogP contribution in [0.1, 0.15) is 0 Å². The monoisotopic (exact) mass is 234 g/mol. The second kappa shape index (κ2) is 3.88. The molecule has 58 valence electrons. The normalized spacial score (nSPS) is 9.64. The number of hydrogen-bond acceptors (Lipinski definition) is 2. The first-order chi connectivity index (χ1) is 5.24. The molecule has 1 aromatic rings. The minimum Gasteiger partial charge on any atom is -0.291 e. The Morgan fingerprint density at radius 3 is 2.82 bits per heavy atom. The Morgan fingerprint density at radius 1 is 1.55 bits per heavy atom. The average Bonchev–Trinajstić information content (AvgIpc) is 1.98. The van der Waals surface area contributed by atoms with E-state index in [0.717, 1.165) is 16.7 Å². The summed E-state index contributed by atoms with van der Waals surface area (Å²) < 4.78 is 13.0. The first kappa shape index (κ1) is 8.74. The summed E-state index contributed by atoms with van der Waals surface area (Å²) in [4.78, 5) is 10.8. The molecule has 0 N–H and O–H groups in total. The van der Waals surface area contributed by atoms with E-state index in [0.29, 0.717) is 10.1 Å². The van der Waals surface area contributed by atoms with E-state index in [-0.39, 0.29) is 5.82 Å². The largest absolute Gasteiger partial charge is 0.291 e. The van der Waals surface area contributed by atoms with Gasteiger partial charge in [0.2, 0.25) is 0 Å². The molecule has 0 saturated heterocycles. The van der Waals surface area contributed by atoms with Gasteiger partial charge in [-0.05, 0) is 34.1 Å². The summed E-state index contributed by atoms with van der Waals surface area (Å²) in [6.45, 7) is 0. The number of rotatable bonds is 2. The van der Waals surface area contributed by atoms with Gasteiger partial charge in [0.1, 0.15) is 5.82 Å². The fraction of sp³-hybridized carbons (Fsp3) is 0. The van der Waals surface area contributed by atoms with Gasteiger partial charge in [-0.2, -0.15) is 0 Å². The maximum atomic E-state index is 12.6. The Hall–Kier alpha value is -0.350. The molecule has 0 aliphatic carbocycles. The molecule has 0 unspecified atom stereocenters. The summed E-state index contributed by atoms with van der Waals surface area (Å²) in [6.07, 6.45) is 0. The van der Waals surface area contributed by atoms with E-state index in [1.54, 1.807) is 12.1 Å². The van der Waals surface area contributed by atoms with Crippen molar-refractivity contribution < 1.29 is 9.18 Å². The van der Waals surface area contributed by atoms with Gasteiger partial charge in [0.25, 0.3) is 0 Å². The number of benzene rings is 1. The van der Waals surface area contributed by atoms with Crippen molar-refractivity contribution in [2.75, 3.05) is 0 Å². The minimum atomic E-state index is -0.319. The van der Waals surface area contributed by atoms with Gasteiger partial charge in [-0.1, -0.05) is 11.8 Å². The van der Waals surface area contributed by atoms with Crippen molar-refractivity contribution >= 4 is 33.3 Å². The molecule has 0 spiro atoms. The Morgan fingerprint density at radius 2 is 2.27 bits per heavy atom. The van der Waals surface area contributed by atoms with Gasteiger partial charge < -0.3 is 0 Å². The van der Waals surface area contributed by atoms with Crippen LogP contribution in [0.2, 0.25) is 0 Å². The molecular formula is C7H4BrFOS. The first-order valence-electron chi connectivity index (χ1n) is 2.79. The van der Waals surface area contributed by atoms with Crippen LogP contribution in [0.25, 0.3) is 0 Å². The fourth-order valence-corrected chi connectivity index (χ4v) is 1.58. The number of carbonyl (C=O) groups excluding carboxylic acids is 1. The van der Waals surface area contributed by atoms with Crippen molar-refractivity contribution in [3.8, 4) is 0 Å². The van der Waals surface area contributed by atoms with Crippen molar-refractivity contribution in [2.45, 2.75) is 4.90 Å². The summed E-state index contributed by atoms with van der Waals surface area (Å²) in [5.74, 6) is -0.319. The standard InChI is InChI=1S/C7H4BrFOS/c8-6-3-5(11-4-10)1-2-7(6)9/h1-4H. The zero-order chi connectivity index (χ0) is 8.27. The van der Waals surface area contributed by atoms with E-state index in [2.05, 4.69) is 15.9 Å². The molecule has 11 heavy (non-hydrogen) atoms. The third kappa shape index (κ3) is 2.31. The van der Waals surface area contributed by atoms with Crippen molar-refractivity contribution in [1.29, 1.82) is 0 Å². The second-order valence-electron chi connectivity index (χ2n) is 1.79. The van der Waals surface area contributed by atoms with Crippen LogP contribution >= 0.6 is 27.7 Å². The highest BCUT2D eigenvalue weighted by Gasteiger charge is 1.99. The lowest BCUT2D eigenvalue weighted by Crippen LogP contribution is -1.77. The lowest BCUT2D eigenvalue weighted by Gasteiger charge is -1.95. The van der Waals surface area contributed by atoms with Gasteiger partial charge in [0.15, 0.2) is 5.62 Å². The SMILES string of the molecule is O=CSc1ccc(F)c(Br)c1. The van der Waals surface area contributed by atoms with Crippen LogP contribution in [0, 0.1) is 5.82 Å². The molecule has 0 heterocycles. The van der Waals surface area contributed by atoms with E-state index in [1.807, 2.05) is 0 Å². The summed E-state index contributed by atoms with van der Waals surface area (Å²) >= 11 is 4.03. The smallest absolute Gasteiger partial charge is 0.180 e. The zero-order valence-corrected chi connectivity index (χ0v) is 7.78. The van der Waals surface area contributed by atoms with Crippen LogP contribution in [0.15, 0.2) is 27.6 Å². The molecule has 0 aliphatic heterocycles.